The Balaban J connectivity index is 2.60. The Bertz CT molecular complexity index is 701. The fourth-order valence-electron chi connectivity index (χ4n) is 2.05. The number of hydrogen-bond donors (Lipinski definition) is 0. The molecule has 1 heterocycles. The Morgan fingerprint density at radius 1 is 0.909 bits per heavy atom. The van der Waals surface area contributed by atoms with Crippen LogP contribution in [-0.2, 0) is 10.8 Å². The molecule has 1 aromatic carbocycles. The molecule has 3 heteroatoms. The van der Waals surface area contributed by atoms with E-state index in [0.717, 1.165) is 4.46 Å². The average Bonchev–Trinajstić information content (AvgIpc) is 2.39. The van der Waals surface area contributed by atoms with Crippen molar-refractivity contribution in [3.05, 3.63) is 55.5 Å². The first kappa shape index (κ1) is 17.8. The minimum absolute atomic E-state index is 0.0618. The van der Waals surface area contributed by atoms with Gasteiger partial charge in [0.15, 0.2) is 0 Å². The van der Waals surface area contributed by atoms with Crippen LogP contribution >= 0.6 is 0 Å². The van der Waals surface area contributed by atoms with Crippen LogP contribution in [-0.4, -0.2) is 29.5 Å². The van der Waals surface area contributed by atoms with Gasteiger partial charge in [-0.3, -0.25) is 0 Å². The van der Waals surface area contributed by atoms with Crippen LogP contribution in [0.4, 0.5) is 0 Å². The fourth-order valence-corrected chi connectivity index (χ4v) is 7.74. The van der Waals surface area contributed by atoms with Crippen molar-refractivity contribution >= 4 is 38.4 Å². The van der Waals surface area contributed by atoms with Gasteiger partial charge in [0, 0.05) is 0 Å². The van der Waals surface area contributed by atoms with Crippen molar-refractivity contribution in [1.29, 1.82) is 0 Å². The van der Waals surface area contributed by atoms with Gasteiger partial charge in [-0.2, -0.15) is 0 Å². The van der Waals surface area contributed by atoms with E-state index in [1.54, 1.807) is 0 Å². The first-order valence-corrected chi connectivity index (χ1v) is 10.9. The van der Waals surface area contributed by atoms with E-state index in [1.807, 2.05) is 12.1 Å². The molecular weight excluding hydrogens is 402 g/mol. The van der Waals surface area contributed by atoms with Crippen molar-refractivity contribution in [2.24, 2.45) is 0 Å². The number of rotatable bonds is 2. The summed E-state index contributed by atoms with van der Waals surface area (Å²) >= 11 is 0.374. The monoisotopic (exact) mass is 428 g/mol. The predicted octanol–water partition coefficient (Wildman–Crippen LogP) is 2.35. The fraction of sp³-hybridized carbons (Fsp3) is 0.421. The van der Waals surface area contributed by atoms with Crippen molar-refractivity contribution < 1.29 is 0 Å². The Morgan fingerprint density at radius 2 is 1.50 bits per heavy atom. The Hall–Kier alpha value is -0.591. The zero-order chi connectivity index (χ0) is 16.5. The SMILES string of the molecule is CC(C)(C)c1cc(=O)c([Se]c2ccccc2)c(C(C)(C)C)[se]1. The van der Waals surface area contributed by atoms with Gasteiger partial charge in [-0.25, -0.2) is 0 Å². The molecular formula is C19H24OSe2. The molecule has 0 saturated carbocycles. The van der Waals surface area contributed by atoms with E-state index in [2.05, 4.69) is 65.8 Å². The van der Waals surface area contributed by atoms with Crippen LogP contribution in [0.3, 0.4) is 0 Å². The molecule has 0 amide bonds. The number of benzene rings is 1. The summed E-state index contributed by atoms with van der Waals surface area (Å²) in [5, 5.41) is 0. The molecule has 0 aliphatic heterocycles. The zero-order valence-corrected chi connectivity index (χ0v) is 17.6. The molecule has 0 bridgehead atoms. The maximum atomic E-state index is 12.8. The molecule has 1 aromatic heterocycles. The Morgan fingerprint density at radius 3 is 2.00 bits per heavy atom. The summed E-state index contributed by atoms with van der Waals surface area (Å²) in [5.74, 6) is 0. The standard InChI is InChI=1S/C19H24OSe2/c1-18(2,3)15-12-14(20)16(17(22-15)19(4,5)6)21-13-10-8-7-9-11-13/h7-12H,1-6H3. The summed E-state index contributed by atoms with van der Waals surface area (Å²) in [6, 6.07) is 12.3. The van der Waals surface area contributed by atoms with E-state index >= 15 is 0 Å². The van der Waals surface area contributed by atoms with E-state index in [-0.39, 0.29) is 45.7 Å². The van der Waals surface area contributed by atoms with Crippen LogP contribution in [0.1, 0.15) is 50.4 Å². The van der Waals surface area contributed by atoms with Crippen molar-refractivity contribution in [1.82, 2.24) is 0 Å². The predicted molar refractivity (Wildman–Crippen MR) is 98.5 cm³/mol. The second-order valence-corrected chi connectivity index (χ2v) is 12.0. The van der Waals surface area contributed by atoms with Crippen LogP contribution in [0.15, 0.2) is 41.2 Å². The van der Waals surface area contributed by atoms with E-state index in [4.69, 9.17) is 0 Å². The molecule has 2 aromatic rings. The topological polar surface area (TPSA) is 17.1 Å². The minimum atomic E-state index is 0.0618. The maximum absolute atomic E-state index is 12.8. The third kappa shape index (κ3) is 4.24. The summed E-state index contributed by atoms with van der Waals surface area (Å²) in [7, 11) is 0. The van der Waals surface area contributed by atoms with Gasteiger partial charge in [-0.1, -0.05) is 0 Å². The van der Waals surface area contributed by atoms with E-state index in [0.29, 0.717) is 0 Å². The Labute approximate surface area is 146 Å². The van der Waals surface area contributed by atoms with Gasteiger partial charge in [-0.15, -0.1) is 0 Å². The number of hydrogen-bond acceptors (Lipinski definition) is 1. The second-order valence-electron chi connectivity index (χ2n) is 7.55. The van der Waals surface area contributed by atoms with Crippen LogP contribution in [0, 0.1) is 0 Å². The molecule has 0 spiro atoms. The molecule has 0 aliphatic rings. The summed E-state index contributed by atoms with van der Waals surface area (Å²) in [5.41, 5.74) is 0.385. The van der Waals surface area contributed by atoms with Crippen LogP contribution in [0.5, 0.6) is 0 Å². The summed E-state index contributed by atoms with van der Waals surface area (Å²) in [6.45, 7) is 13.3. The first-order chi connectivity index (χ1) is 10.1. The molecule has 0 aliphatic carbocycles. The van der Waals surface area contributed by atoms with Crippen LogP contribution < -0.4 is 14.4 Å². The first-order valence-electron chi connectivity index (χ1n) is 7.51. The quantitative estimate of drug-likeness (QED) is 0.675. The average molecular weight is 426 g/mol. The Kier molecular flexibility index (Phi) is 5.24. The van der Waals surface area contributed by atoms with E-state index in [1.165, 1.54) is 13.3 Å². The van der Waals surface area contributed by atoms with Crippen LogP contribution in [0.25, 0.3) is 0 Å². The van der Waals surface area contributed by atoms with Gasteiger partial charge in [0.25, 0.3) is 0 Å². The van der Waals surface area contributed by atoms with Gasteiger partial charge < -0.3 is 0 Å². The molecule has 0 saturated heterocycles. The summed E-state index contributed by atoms with van der Waals surface area (Å²) < 4.78 is 5.08. The zero-order valence-electron chi connectivity index (χ0n) is 14.2. The van der Waals surface area contributed by atoms with Crippen molar-refractivity contribution in [2.45, 2.75) is 52.4 Å². The van der Waals surface area contributed by atoms with Gasteiger partial charge in [-0.05, 0) is 0 Å². The molecule has 0 fully saturated rings. The van der Waals surface area contributed by atoms with Gasteiger partial charge in [0.1, 0.15) is 0 Å². The van der Waals surface area contributed by atoms with Gasteiger partial charge in [0.2, 0.25) is 0 Å². The van der Waals surface area contributed by atoms with Crippen molar-refractivity contribution in [3.8, 4) is 0 Å². The van der Waals surface area contributed by atoms with E-state index < -0.39 is 0 Å². The third-order valence-corrected chi connectivity index (χ3v) is 10.4. The third-order valence-electron chi connectivity index (χ3n) is 3.29. The van der Waals surface area contributed by atoms with Gasteiger partial charge >= 0.3 is 146 Å². The van der Waals surface area contributed by atoms with Gasteiger partial charge in [0.05, 0.1) is 0 Å². The van der Waals surface area contributed by atoms with Crippen LogP contribution in [0.2, 0.25) is 0 Å². The van der Waals surface area contributed by atoms with Crippen molar-refractivity contribution in [3.63, 3.8) is 0 Å². The molecule has 0 radical (unpaired) electrons. The summed E-state index contributed by atoms with van der Waals surface area (Å²) in [4.78, 5) is 12.8. The molecule has 0 atom stereocenters. The molecule has 0 N–H and O–H groups in total. The molecule has 22 heavy (non-hydrogen) atoms. The molecule has 1 nitrogen and oxygen atoms in total. The molecule has 0 unspecified atom stereocenters. The normalized spacial score (nSPS) is 12.5. The second kappa shape index (κ2) is 6.49. The van der Waals surface area contributed by atoms with E-state index in [9.17, 15) is 4.79 Å². The van der Waals surface area contributed by atoms with Crippen molar-refractivity contribution in [2.75, 3.05) is 0 Å². The molecule has 118 valence electrons. The summed E-state index contributed by atoms with van der Waals surface area (Å²) in [6.07, 6.45) is 0. The molecule has 2 rings (SSSR count).